The Bertz CT molecular complexity index is 593. The average Bonchev–Trinajstić information content (AvgIpc) is 2.61. The largest absolute Gasteiger partial charge is 0.489 e. The third-order valence-electron chi connectivity index (χ3n) is 4.57. The van der Waals surface area contributed by atoms with E-state index in [9.17, 15) is 10.0 Å². The molecule has 0 saturated heterocycles. The van der Waals surface area contributed by atoms with Gasteiger partial charge in [-0.15, -0.1) is 0 Å². The zero-order valence-corrected chi connectivity index (χ0v) is 14.7. The summed E-state index contributed by atoms with van der Waals surface area (Å²) in [5.41, 5.74) is 3.82. The van der Waals surface area contributed by atoms with Gasteiger partial charge in [0.05, 0.1) is 0 Å². The second kappa shape index (κ2) is 10.3. The van der Waals surface area contributed by atoms with Crippen LogP contribution in [0.15, 0.2) is 48.5 Å². The first kappa shape index (κ1) is 18.8. The van der Waals surface area contributed by atoms with E-state index in [0.29, 0.717) is 5.46 Å². The minimum Gasteiger partial charge on any atom is -0.423 e. The van der Waals surface area contributed by atoms with Gasteiger partial charge in [-0.25, -0.2) is 0 Å². The average molecular weight is 324 g/mol. The zero-order chi connectivity index (χ0) is 17.2. The smallest absolute Gasteiger partial charge is 0.423 e. The maximum atomic E-state index is 9.50. The predicted molar refractivity (Wildman–Crippen MR) is 103 cm³/mol. The molecule has 0 amide bonds. The molecular weight excluding hydrogens is 295 g/mol. The zero-order valence-electron chi connectivity index (χ0n) is 14.7. The predicted octanol–water partition coefficient (Wildman–Crippen LogP) is 4.33. The summed E-state index contributed by atoms with van der Waals surface area (Å²) >= 11 is 0. The maximum absolute atomic E-state index is 9.50. The quantitative estimate of drug-likeness (QED) is 0.504. The number of rotatable bonds is 10. The highest BCUT2D eigenvalue weighted by molar-refractivity contribution is 6.60. The molecule has 0 unspecified atom stereocenters. The fourth-order valence-electron chi connectivity index (χ4n) is 3.12. The molecule has 24 heavy (non-hydrogen) atoms. The van der Waals surface area contributed by atoms with Gasteiger partial charge in [0, 0.05) is 0 Å². The summed E-state index contributed by atoms with van der Waals surface area (Å²) in [5, 5.41) is 19.0. The lowest BCUT2D eigenvalue weighted by Crippen LogP contribution is -2.31. The molecular formula is C21H29BO2. The van der Waals surface area contributed by atoms with Gasteiger partial charge in [0.2, 0.25) is 0 Å². The van der Waals surface area contributed by atoms with Gasteiger partial charge in [-0.1, -0.05) is 94.0 Å². The maximum Gasteiger partial charge on any atom is 0.489 e. The van der Waals surface area contributed by atoms with Crippen LogP contribution < -0.4 is 5.46 Å². The van der Waals surface area contributed by atoms with Gasteiger partial charge in [0.25, 0.3) is 0 Å². The summed E-state index contributed by atoms with van der Waals surface area (Å²) in [6.45, 7) is 2.25. The van der Waals surface area contributed by atoms with Crippen molar-refractivity contribution in [2.75, 3.05) is 0 Å². The molecule has 0 aliphatic carbocycles. The topological polar surface area (TPSA) is 40.5 Å². The molecule has 0 atom stereocenters. The van der Waals surface area contributed by atoms with Crippen molar-refractivity contribution in [2.45, 2.75) is 58.3 Å². The minimum absolute atomic E-state index is 0.553. The van der Waals surface area contributed by atoms with Crippen LogP contribution in [0.5, 0.6) is 0 Å². The SMILES string of the molecule is CCCCCCCCCc1ccc(-c2ccccc2B(O)O)cc1. The van der Waals surface area contributed by atoms with Crippen molar-refractivity contribution in [3.63, 3.8) is 0 Å². The van der Waals surface area contributed by atoms with E-state index >= 15 is 0 Å². The molecule has 2 aromatic carbocycles. The van der Waals surface area contributed by atoms with E-state index < -0.39 is 7.12 Å². The fraction of sp³-hybridized carbons (Fsp3) is 0.429. The van der Waals surface area contributed by atoms with E-state index in [1.807, 2.05) is 18.2 Å². The molecule has 0 saturated carbocycles. The molecule has 0 fully saturated rings. The normalized spacial score (nSPS) is 10.8. The van der Waals surface area contributed by atoms with Crippen LogP contribution in [0, 0.1) is 0 Å². The Kier molecular flexibility index (Phi) is 8.07. The van der Waals surface area contributed by atoms with Crippen molar-refractivity contribution in [3.8, 4) is 11.1 Å². The first-order valence-electron chi connectivity index (χ1n) is 9.26. The second-order valence-electron chi connectivity index (χ2n) is 6.53. The van der Waals surface area contributed by atoms with Gasteiger partial charge >= 0.3 is 7.12 Å². The van der Waals surface area contributed by atoms with E-state index in [1.54, 1.807) is 6.07 Å². The van der Waals surface area contributed by atoms with Crippen molar-refractivity contribution < 1.29 is 10.0 Å². The number of unbranched alkanes of at least 4 members (excludes halogenated alkanes) is 6. The Morgan fingerprint density at radius 3 is 2.04 bits per heavy atom. The van der Waals surface area contributed by atoms with Crippen molar-refractivity contribution >= 4 is 12.6 Å². The molecule has 0 aliphatic heterocycles. The highest BCUT2D eigenvalue weighted by Crippen LogP contribution is 2.19. The summed E-state index contributed by atoms with van der Waals surface area (Å²) in [6.07, 6.45) is 10.4. The van der Waals surface area contributed by atoms with Crippen molar-refractivity contribution in [3.05, 3.63) is 54.1 Å². The molecule has 2 nitrogen and oxygen atoms in total. The van der Waals surface area contributed by atoms with Gasteiger partial charge in [-0.2, -0.15) is 0 Å². The molecule has 2 aromatic rings. The summed E-state index contributed by atoms with van der Waals surface area (Å²) in [5.74, 6) is 0. The molecule has 0 bridgehead atoms. The van der Waals surface area contributed by atoms with Gasteiger partial charge in [0.1, 0.15) is 0 Å². The second-order valence-corrected chi connectivity index (χ2v) is 6.53. The molecule has 0 spiro atoms. The lowest BCUT2D eigenvalue weighted by Gasteiger charge is -2.10. The Morgan fingerprint density at radius 2 is 1.38 bits per heavy atom. The molecule has 0 heterocycles. The van der Waals surface area contributed by atoms with Crippen LogP contribution in [-0.2, 0) is 6.42 Å². The summed E-state index contributed by atoms with van der Waals surface area (Å²) in [7, 11) is -1.44. The Labute approximate surface area is 146 Å². The van der Waals surface area contributed by atoms with E-state index in [-0.39, 0.29) is 0 Å². The first-order chi connectivity index (χ1) is 11.7. The van der Waals surface area contributed by atoms with Crippen LogP contribution in [0.4, 0.5) is 0 Å². The molecule has 128 valence electrons. The minimum atomic E-state index is -1.44. The summed E-state index contributed by atoms with van der Waals surface area (Å²) in [6, 6.07) is 15.9. The fourth-order valence-corrected chi connectivity index (χ4v) is 3.12. The lowest BCUT2D eigenvalue weighted by atomic mass is 9.75. The van der Waals surface area contributed by atoms with Gasteiger partial charge in [-0.05, 0) is 35.0 Å². The molecule has 0 aliphatic rings. The van der Waals surface area contributed by atoms with Gasteiger partial charge in [0.15, 0.2) is 0 Å². The van der Waals surface area contributed by atoms with Crippen LogP contribution >= 0.6 is 0 Å². The van der Waals surface area contributed by atoms with Gasteiger partial charge in [-0.3, -0.25) is 0 Å². The standard InChI is InChI=1S/C21H29BO2/c1-2-3-4-5-6-7-8-11-18-14-16-19(17-15-18)20-12-9-10-13-21(20)22(23)24/h9-10,12-17,23-24H,2-8,11H2,1H3. The summed E-state index contributed by atoms with van der Waals surface area (Å²) < 4.78 is 0. The lowest BCUT2D eigenvalue weighted by molar-refractivity contribution is 0.426. The van der Waals surface area contributed by atoms with E-state index in [2.05, 4.69) is 31.2 Å². The van der Waals surface area contributed by atoms with Crippen molar-refractivity contribution in [2.24, 2.45) is 0 Å². The van der Waals surface area contributed by atoms with Crippen molar-refractivity contribution in [1.82, 2.24) is 0 Å². The highest BCUT2D eigenvalue weighted by atomic mass is 16.4. The number of hydrogen-bond donors (Lipinski definition) is 2. The van der Waals surface area contributed by atoms with E-state index in [0.717, 1.165) is 17.5 Å². The number of aryl methyl sites for hydroxylation is 1. The Balaban J connectivity index is 1.85. The van der Waals surface area contributed by atoms with E-state index in [4.69, 9.17) is 0 Å². The molecule has 0 aromatic heterocycles. The Morgan fingerprint density at radius 1 is 0.750 bits per heavy atom. The Hall–Kier alpha value is -1.58. The van der Waals surface area contributed by atoms with Crippen LogP contribution in [0.3, 0.4) is 0 Å². The number of benzene rings is 2. The van der Waals surface area contributed by atoms with Crippen LogP contribution in [0.2, 0.25) is 0 Å². The van der Waals surface area contributed by atoms with Crippen LogP contribution in [0.1, 0.15) is 57.4 Å². The summed E-state index contributed by atoms with van der Waals surface area (Å²) in [4.78, 5) is 0. The molecule has 0 radical (unpaired) electrons. The molecule has 2 N–H and O–H groups in total. The monoisotopic (exact) mass is 324 g/mol. The third kappa shape index (κ3) is 5.81. The van der Waals surface area contributed by atoms with Crippen molar-refractivity contribution in [1.29, 1.82) is 0 Å². The van der Waals surface area contributed by atoms with Crippen LogP contribution in [-0.4, -0.2) is 17.2 Å². The number of hydrogen-bond acceptors (Lipinski definition) is 2. The molecule has 3 heteroatoms. The van der Waals surface area contributed by atoms with Crippen LogP contribution in [0.25, 0.3) is 11.1 Å². The third-order valence-corrected chi connectivity index (χ3v) is 4.57. The highest BCUT2D eigenvalue weighted by Gasteiger charge is 2.15. The first-order valence-corrected chi connectivity index (χ1v) is 9.26. The van der Waals surface area contributed by atoms with Gasteiger partial charge < -0.3 is 10.0 Å². The van der Waals surface area contributed by atoms with E-state index in [1.165, 1.54) is 50.5 Å². The molecule has 2 rings (SSSR count).